The lowest BCUT2D eigenvalue weighted by molar-refractivity contribution is 0.000133. The molecular formula is C11H13BrFNO2. The van der Waals surface area contributed by atoms with Crippen LogP contribution in [-0.2, 0) is 4.74 Å². The summed E-state index contributed by atoms with van der Waals surface area (Å²) in [6.07, 6.45) is 0.0421. The van der Waals surface area contributed by atoms with Crippen molar-refractivity contribution in [2.45, 2.75) is 6.10 Å². The SMILES string of the molecule is Fc1cc(OCC2CNCCO2)ccc1Br. The molecule has 2 rings (SSSR count). The molecule has 0 aromatic heterocycles. The molecule has 0 saturated carbocycles. The Hall–Kier alpha value is -0.650. The summed E-state index contributed by atoms with van der Waals surface area (Å²) in [6, 6.07) is 4.72. The minimum Gasteiger partial charge on any atom is -0.491 e. The molecule has 16 heavy (non-hydrogen) atoms. The zero-order chi connectivity index (χ0) is 11.4. The van der Waals surface area contributed by atoms with E-state index in [0.29, 0.717) is 23.4 Å². The van der Waals surface area contributed by atoms with Gasteiger partial charge in [0.1, 0.15) is 24.3 Å². The van der Waals surface area contributed by atoms with E-state index in [1.807, 2.05) is 0 Å². The molecule has 1 aliphatic rings. The summed E-state index contributed by atoms with van der Waals surface area (Å²) in [4.78, 5) is 0. The first-order valence-electron chi connectivity index (χ1n) is 5.16. The summed E-state index contributed by atoms with van der Waals surface area (Å²) in [7, 11) is 0. The van der Waals surface area contributed by atoms with Crippen LogP contribution >= 0.6 is 15.9 Å². The van der Waals surface area contributed by atoms with Crippen LogP contribution in [0.4, 0.5) is 4.39 Å². The molecular weight excluding hydrogens is 277 g/mol. The average Bonchev–Trinajstić information content (AvgIpc) is 2.32. The van der Waals surface area contributed by atoms with Gasteiger partial charge in [-0.15, -0.1) is 0 Å². The van der Waals surface area contributed by atoms with E-state index in [-0.39, 0.29) is 11.9 Å². The molecule has 1 heterocycles. The van der Waals surface area contributed by atoms with Crippen molar-refractivity contribution in [3.8, 4) is 5.75 Å². The molecule has 1 atom stereocenters. The molecule has 88 valence electrons. The first kappa shape index (κ1) is 11.8. The Bertz CT molecular complexity index is 356. The monoisotopic (exact) mass is 289 g/mol. The molecule has 1 saturated heterocycles. The van der Waals surface area contributed by atoms with E-state index >= 15 is 0 Å². The average molecular weight is 290 g/mol. The van der Waals surface area contributed by atoms with Crippen LogP contribution in [0.25, 0.3) is 0 Å². The summed E-state index contributed by atoms with van der Waals surface area (Å²) >= 11 is 3.09. The van der Waals surface area contributed by atoms with Gasteiger partial charge in [-0.2, -0.15) is 0 Å². The number of ether oxygens (including phenoxy) is 2. The maximum atomic E-state index is 13.2. The molecule has 0 aliphatic carbocycles. The van der Waals surface area contributed by atoms with Gasteiger partial charge in [0.15, 0.2) is 0 Å². The van der Waals surface area contributed by atoms with Gasteiger partial charge < -0.3 is 14.8 Å². The lowest BCUT2D eigenvalue weighted by Crippen LogP contribution is -2.41. The summed E-state index contributed by atoms with van der Waals surface area (Å²) < 4.78 is 24.5. The Balaban J connectivity index is 1.86. The first-order chi connectivity index (χ1) is 7.75. The van der Waals surface area contributed by atoms with Crippen molar-refractivity contribution in [2.24, 2.45) is 0 Å². The van der Waals surface area contributed by atoms with E-state index in [4.69, 9.17) is 9.47 Å². The largest absolute Gasteiger partial charge is 0.491 e. The molecule has 1 N–H and O–H groups in total. The van der Waals surface area contributed by atoms with E-state index in [1.54, 1.807) is 12.1 Å². The third kappa shape index (κ3) is 3.17. The number of hydrogen-bond donors (Lipinski definition) is 1. The molecule has 5 heteroatoms. The van der Waals surface area contributed by atoms with Crippen molar-refractivity contribution >= 4 is 15.9 Å². The van der Waals surface area contributed by atoms with Gasteiger partial charge in [0, 0.05) is 19.2 Å². The van der Waals surface area contributed by atoms with E-state index < -0.39 is 0 Å². The molecule has 1 fully saturated rings. The minimum absolute atomic E-state index is 0.0421. The fraction of sp³-hybridized carbons (Fsp3) is 0.455. The first-order valence-corrected chi connectivity index (χ1v) is 5.95. The summed E-state index contributed by atoms with van der Waals surface area (Å²) in [5.41, 5.74) is 0. The molecule has 1 aliphatic heterocycles. The van der Waals surface area contributed by atoms with E-state index in [1.165, 1.54) is 6.07 Å². The predicted molar refractivity (Wildman–Crippen MR) is 62.2 cm³/mol. The Morgan fingerprint density at radius 1 is 1.56 bits per heavy atom. The smallest absolute Gasteiger partial charge is 0.141 e. The molecule has 0 radical (unpaired) electrons. The highest BCUT2D eigenvalue weighted by Gasteiger charge is 2.14. The highest BCUT2D eigenvalue weighted by Crippen LogP contribution is 2.21. The van der Waals surface area contributed by atoms with Crippen LogP contribution in [0.3, 0.4) is 0 Å². The van der Waals surface area contributed by atoms with E-state index in [9.17, 15) is 4.39 Å². The fourth-order valence-electron chi connectivity index (χ4n) is 1.48. The molecule has 1 aromatic rings. The summed E-state index contributed by atoms with van der Waals surface area (Å²) in [5.74, 6) is 0.204. The number of benzene rings is 1. The number of hydrogen-bond acceptors (Lipinski definition) is 3. The maximum absolute atomic E-state index is 13.2. The van der Waals surface area contributed by atoms with Crippen molar-refractivity contribution in [1.82, 2.24) is 5.32 Å². The molecule has 3 nitrogen and oxygen atoms in total. The quantitative estimate of drug-likeness (QED) is 0.923. The Morgan fingerprint density at radius 2 is 2.44 bits per heavy atom. The van der Waals surface area contributed by atoms with E-state index in [2.05, 4.69) is 21.2 Å². The summed E-state index contributed by atoms with van der Waals surface area (Å²) in [5, 5.41) is 3.21. The molecule has 1 aromatic carbocycles. The van der Waals surface area contributed by atoms with Crippen LogP contribution in [0.15, 0.2) is 22.7 Å². The van der Waals surface area contributed by atoms with E-state index in [0.717, 1.165) is 13.1 Å². The number of morpholine rings is 1. The highest BCUT2D eigenvalue weighted by molar-refractivity contribution is 9.10. The Morgan fingerprint density at radius 3 is 3.12 bits per heavy atom. The van der Waals surface area contributed by atoms with Gasteiger partial charge in [-0.05, 0) is 28.1 Å². The maximum Gasteiger partial charge on any atom is 0.141 e. The molecule has 0 spiro atoms. The molecule has 0 bridgehead atoms. The predicted octanol–water partition coefficient (Wildman–Crippen LogP) is 1.96. The highest BCUT2D eigenvalue weighted by atomic mass is 79.9. The number of rotatable bonds is 3. The third-order valence-electron chi connectivity index (χ3n) is 2.33. The second kappa shape index (κ2) is 5.61. The minimum atomic E-state index is -0.319. The van der Waals surface area contributed by atoms with Crippen molar-refractivity contribution < 1.29 is 13.9 Å². The fourth-order valence-corrected chi connectivity index (χ4v) is 1.73. The van der Waals surface area contributed by atoms with Gasteiger partial charge in [-0.3, -0.25) is 0 Å². The lowest BCUT2D eigenvalue weighted by atomic mass is 10.3. The van der Waals surface area contributed by atoms with Gasteiger partial charge in [0.05, 0.1) is 11.1 Å². The summed E-state index contributed by atoms with van der Waals surface area (Å²) in [6.45, 7) is 2.79. The van der Waals surface area contributed by atoms with Gasteiger partial charge in [-0.25, -0.2) is 4.39 Å². The van der Waals surface area contributed by atoms with Gasteiger partial charge in [-0.1, -0.05) is 0 Å². The van der Waals surface area contributed by atoms with Crippen molar-refractivity contribution in [2.75, 3.05) is 26.3 Å². The van der Waals surface area contributed by atoms with Crippen molar-refractivity contribution in [3.05, 3.63) is 28.5 Å². The molecule has 1 unspecified atom stereocenters. The van der Waals surface area contributed by atoms with Gasteiger partial charge >= 0.3 is 0 Å². The topological polar surface area (TPSA) is 30.5 Å². The second-order valence-electron chi connectivity index (χ2n) is 3.58. The third-order valence-corrected chi connectivity index (χ3v) is 2.97. The van der Waals surface area contributed by atoms with Crippen LogP contribution in [0.1, 0.15) is 0 Å². The second-order valence-corrected chi connectivity index (χ2v) is 4.44. The molecule has 0 amide bonds. The zero-order valence-electron chi connectivity index (χ0n) is 8.71. The number of nitrogens with one attached hydrogen (secondary N) is 1. The number of halogens is 2. The Labute approximate surface area is 102 Å². The van der Waals surface area contributed by atoms with Crippen LogP contribution < -0.4 is 10.1 Å². The zero-order valence-corrected chi connectivity index (χ0v) is 10.3. The van der Waals surface area contributed by atoms with Crippen LogP contribution in [0.5, 0.6) is 5.75 Å². The van der Waals surface area contributed by atoms with Crippen LogP contribution in [0.2, 0.25) is 0 Å². The van der Waals surface area contributed by atoms with Crippen molar-refractivity contribution in [1.29, 1.82) is 0 Å². The van der Waals surface area contributed by atoms with Crippen LogP contribution in [0, 0.1) is 5.82 Å². The van der Waals surface area contributed by atoms with Crippen LogP contribution in [-0.4, -0.2) is 32.4 Å². The van der Waals surface area contributed by atoms with Crippen molar-refractivity contribution in [3.63, 3.8) is 0 Å². The van der Waals surface area contributed by atoms with Gasteiger partial charge in [0.2, 0.25) is 0 Å². The standard InChI is InChI=1S/C11H13BrFNO2/c12-10-2-1-8(5-11(10)13)16-7-9-6-14-3-4-15-9/h1-2,5,9,14H,3-4,6-7H2. The Kier molecular flexibility index (Phi) is 4.15. The normalized spacial score (nSPS) is 20.8. The lowest BCUT2D eigenvalue weighted by Gasteiger charge is -2.23. The van der Waals surface area contributed by atoms with Gasteiger partial charge in [0.25, 0.3) is 0 Å².